The summed E-state index contributed by atoms with van der Waals surface area (Å²) in [5.74, 6) is 2.26. The Morgan fingerprint density at radius 1 is 1.26 bits per heavy atom. The van der Waals surface area contributed by atoms with Crippen LogP contribution in [0.5, 0.6) is 0 Å². The number of fused-ring (bicyclic) bond motifs is 1. The van der Waals surface area contributed by atoms with Crippen molar-refractivity contribution in [3.63, 3.8) is 0 Å². The molecule has 9 nitrogen and oxygen atoms in total. The van der Waals surface area contributed by atoms with Crippen molar-refractivity contribution in [1.82, 2.24) is 14.5 Å². The number of aryl methyl sites for hydroxylation is 2. The molecule has 3 heterocycles. The van der Waals surface area contributed by atoms with Crippen LogP contribution in [0.25, 0.3) is 10.9 Å². The number of nitrogens with two attached hydrogens (primary N) is 1. The minimum Gasteiger partial charge on any atom is -0.383 e. The molecule has 1 aromatic carbocycles. The second-order valence-corrected chi connectivity index (χ2v) is 8.34. The molecule has 1 fully saturated rings. The predicted octanol–water partition coefficient (Wildman–Crippen LogP) is 3.96. The van der Waals surface area contributed by atoms with Gasteiger partial charge in [-0.3, -0.25) is 10.2 Å². The number of amidine groups is 1. The fourth-order valence-corrected chi connectivity index (χ4v) is 3.94. The second kappa shape index (κ2) is 10.9. The molecule has 0 atom stereocenters. The Morgan fingerprint density at radius 3 is 2.65 bits per heavy atom. The fourth-order valence-electron chi connectivity index (χ4n) is 3.94. The summed E-state index contributed by atoms with van der Waals surface area (Å²) in [6.45, 7) is 10.2. The van der Waals surface area contributed by atoms with Crippen LogP contribution in [0.4, 0.5) is 17.5 Å². The van der Waals surface area contributed by atoms with Crippen molar-refractivity contribution in [1.29, 1.82) is 5.41 Å². The van der Waals surface area contributed by atoms with Gasteiger partial charge in [0.15, 0.2) is 0 Å². The molecule has 4 N–H and O–H groups in total. The Labute approximate surface area is 200 Å². The first-order valence-electron chi connectivity index (χ1n) is 11.7. The van der Waals surface area contributed by atoms with Crippen molar-refractivity contribution in [3.8, 4) is 0 Å². The lowest BCUT2D eigenvalue weighted by Gasteiger charge is -2.30. The summed E-state index contributed by atoms with van der Waals surface area (Å²) in [6.07, 6.45) is 4.97. The number of benzene rings is 1. The number of hydrogen-bond donors (Lipinski definition) is 3. The monoisotopic (exact) mass is 462 g/mol. The van der Waals surface area contributed by atoms with Crippen molar-refractivity contribution in [2.45, 2.75) is 40.5 Å². The SMILES string of the molecule is CC.Cc1cnc(N2CCC(C)CC2)nc1Nc1ccc2c(c1)cc(C(N)=NC=N)c(=O)n2C. The molecule has 0 aliphatic carbocycles. The number of nitrogens with zero attached hydrogens (tertiary/aromatic N) is 5. The number of rotatable bonds is 5. The molecule has 2 aromatic heterocycles. The third kappa shape index (κ3) is 5.24. The molecule has 0 radical (unpaired) electrons. The fraction of sp³-hybridized carbons (Fsp3) is 0.400. The van der Waals surface area contributed by atoms with Crippen molar-refractivity contribution in [2.24, 2.45) is 23.7 Å². The molecule has 0 unspecified atom stereocenters. The van der Waals surface area contributed by atoms with Gasteiger partial charge in [0, 0.05) is 43.0 Å². The van der Waals surface area contributed by atoms with Gasteiger partial charge in [-0.15, -0.1) is 0 Å². The van der Waals surface area contributed by atoms with Crippen LogP contribution in [0.3, 0.4) is 0 Å². The van der Waals surface area contributed by atoms with Crippen LogP contribution in [-0.4, -0.2) is 39.8 Å². The summed E-state index contributed by atoms with van der Waals surface area (Å²) in [5.41, 5.74) is 8.46. The average molecular weight is 463 g/mol. The number of hydrogen-bond acceptors (Lipinski definition) is 6. The molecule has 34 heavy (non-hydrogen) atoms. The summed E-state index contributed by atoms with van der Waals surface area (Å²) in [4.78, 5) is 27.9. The van der Waals surface area contributed by atoms with Crippen LogP contribution in [-0.2, 0) is 7.05 Å². The molecule has 180 valence electrons. The molecule has 1 aliphatic heterocycles. The van der Waals surface area contributed by atoms with Gasteiger partial charge in [0.1, 0.15) is 18.0 Å². The molecule has 0 spiro atoms. The number of nitrogens with one attached hydrogen (secondary N) is 2. The minimum absolute atomic E-state index is 0.0213. The second-order valence-electron chi connectivity index (χ2n) is 8.34. The first-order valence-corrected chi connectivity index (χ1v) is 11.7. The predicted molar refractivity (Wildman–Crippen MR) is 141 cm³/mol. The highest BCUT2D eigenvalue weighted by Gasteiger charge is 2.19. The van der Waals surface area contributed by atoms with Gasteiger partial charge < -0.3 is 20.5 Å². The van der Waals surface area contributed by atoms with Crippen LogP contribution in [0.15, 0.2) is 40.2 Å². The lowest BCUT2D eigenvalue weighted by molar-refractivity contribution is 0.434. The molecular weight excluding hydrogens is 428 g/mol. The van der Waals surface area contributed by atoms with E-state index < -0.39 is 0 Å². The third-order valence-corrected chi connectivity index (χ3v) is 5.99. The van der Waals surface area contributed by atoms with Gasteiger partial charge >= 0.3 is 0 Å². The van der Waals surface area contributed by atoms with E-state index in [-0.39, 0.29) is 17.0 Å². The lowest BCUT2D eigenvalue weighted by Crippen LogP contribution is -2.34. The molecule has 1 aliphatic rings. The Morgan fingerprint density at radius 2 is 1.97 bits per heavy atom. The number of aromatic nitrogens is 3. The van der Waals surface area contributed by atoms with Gasteiger partial charge in [0.2, 0.25) is 5.95 Å². The van der Waals surface area contributed by atoms with Gasteiger partial charge in [0.05, 0.1) is 11.1 Å². The van der Waals surface area contributed by atoms with Gasteiger partial charge in [-0.2, -0.15) is 4.98 Å². The zero-order chi connectivity index (χ0) is 24.8. The van der Waals surface area contributed by atoms with Gasteiger partial charge in [-0.25, -0.2) is 9.98 Å². The van der Waals surface area contributed by atoms with E-state index in [4.69, 9.17) is 16.1 Å². The van der Waals surface area contributed by atoms with Crippen LogP contribution < -0.4 is 21.5 Å². The number of aliphatic imine (C=N–C) groups is 1. The minimum atomic E-state index is -0.256. The van der Waals surface area contributed by atoms with Gasteiger partial charge in [-0.1, -0.05) is 20.8 Å². The summed E-state index contributed by atoms with van der Waals surface area (Å²) < 4.78 is 1.53. The molecule has 1 saturated heterocycles. The standard InChI is InChI=1S/C23H28N8O.C2H6/c1-14-6-8-31(9-7-14)23-26-12-15(2)21(29-23)28-17-4-5-19-16(10-17)11-18(20(25)27-13-24)22(32)30(19)3;1-2/h4-5,10-14H,6-9H2,1-3H3,(H3,24,25,27)(H,26,28,29);1-2H3. The zero-order valence-corrected chi connectivity index (χ0v) is 20.6. The summed E-state index contributed by atoms with van der Waals surface area (Å²) >= 11 is 0. The Balaban J connectivity index is 0.00000158. The lowest BCUT2D eigenvalue weighted by atomic mass is 10.00. The molecule has 9 heteroatoms. The van der Waals surface area contributed by atoms with E-state index in [1.165, 1.54) is 4.57 Å². The summed E-state index contributed by atoms with van der Waals surface area (Å²) in [6, 6.07) is 7.45. The van der Waals surface area contributed by atoms with Crippen molar-refractivity contribution < 1.29 is 0 Å². The Bertz CT molecular complexity index is 1260. The molecule has 0 bridgehead atoms. The molecular formula is C25H34N8O. The van der Waals surface area contributed by atoms with Crippen molar-refractivity contribution >= 4 is 40.5 Å². The number of pyridine rings is 1. The molecule has 3 aromatic rings. The van der Waals surface area contributed by atoms with E-state index in [9.17, 15) is 4.79 Å². The van der Waals surface area contributed by atoms with Crippen LogP contribution in [0, 0.1) is 18.3 Å². The van der Waals surface area contributed by atoms with E-state index in [0.717, 1.165) is 72.1 Å². The van der Waals surface area contributed by atoms with Crippen molar-refractivity contribution in [2.75, 3.05) is 23.3 Å². The van der Waals surface area contributed by atoms with Gasteiger partial charge in [-0.05, 0) is 49.9 Å². The highest BCUT2D eigenvalue weighted by atomic mass is 16.1. The Kier molecular flexibility index (Phi) is 7.99. The smallest absolute Gasteiger partial charge is 0.261 e. The highest BCUT2D eigenvalue weighted by Crippen LogP contribution is 2.26. The van der Waals surface area contributed by atoms with Crippen molar-refractivity contribution in [3.05, 3.63) is 51.9 Å². The maximum absolute atomic E-state index is 12.6. The molecule has 0 saturated carbocycles. The normalized spacial score (nSPS) is 14.5. The number of piperidine rings is 1. The van der Waals surface area contributed by atoms with E-state index in [1.807, 2.05) is 45.2 Å². The molecule has 0 amide bonds. The third-order valence-electron chi connectivity index (χ3n) is 5.99. The summed E-state index contributed by atoms with van der Waals surface area (Å²) in [5, 5.41) is 11.3. The number of anilines is 3. The Hall–Kier alpha value is -3.75. The highest BCUT2D eigenvalue weighted by molar-refractivity contribution is 6.03. The van der Waals surface area contributed by atoms with Crippen LogP contribution in [0.2, 0.25) is 0 Å². The van der Waals surface area contributed by atoms with Gasteiger partial charge in [0.25, 0.3) is 5.56 Å². The average Bonchev–Trinajstić information content (AvgIpc) is 2.84. The van der Waals surface area contributed by atoms with E-state index in [2.05, 4.69) is 27.1 Å². The zero-order valence-electron chi connectivity index (χ0n) is 20.6. The maximum Gasteiger partial charge on any atom is 0.261 e. The van der Waals surface area contributed by atoms with Crippen LogP contribution in [0.1, 0.15) is 44.7 Å². The quantitative estimate of drug-likeness (QED) is 0.389. The van der Waals surface area contributed by atoms with E-state index >= 15 is 0 Å². The van der Waals surface area contributed by atoms with Crippen LogP contribution >= 0.6 is 0 Å². The maximum atomic E-state index is 12.6. The first-order chi connectivity index (χ1) is 16.4. The van der Waals surface area contributed by atoms with E-state index in [0.29, 0.717) is 0 Å². The first kappa shape index (κ1) is 24.9. The van der Waals surface area contributed by atoms with E-state index in [1.54, 1.807) is 13.1 Å². The largest absolute Gasteiger partial charge is 0.383 e. The summed E-state index contributed by atoms with van der Waals surface area (Å²) in [7, 11) is 1.69. The molecule has 4 rings (SSSR count). The topological polar surface area (TPSA) is 125 Å².